The molecule has 3 aromatic rings. The van der Waals surface area contributed by atoms with E-state index in [4.69, 9.17) is 0 Å². The number of hydrogen-bond acceptors (Lipinski definition) is 1. The summed E-state index contributed by atoms with van der Waals surface area (Å²) in [5.74, 6) is 0. The topological polar surface area (TPSA) is 6.25 Å². The van der Waals surface area contributed by atoms with Crippen LogP contribution in [0.1, 0.15) is 90.3 Å². The van der Waals surface area contributed by atoms with E-state index in [0.29, 0.717) is 0 Å². The zero-order chi connectivity index (χ0) is 30.9. The van der Waals surface area contributed by atoms with Crippen molar-refractivity contribution in [3.8, 4) is 0 Å². The van der Waals surface area contributed by atoms with E-state index in [-0.39, 0.29) is 10.8 Å². The van der Waals surface area contributed by atoms with E-state index in [1.165, 1.54) is 62.6 Å². The number of para-hydroxylation sites is 2. The summed E-state index contributed by atoms with van der Waals surface area (Å²) in [5.41, 5.74) is 14.0. The molecule has 0 unspecified atom stereocenters. The third-order valence-electron chi connectivity index (χ3n) is 9.97. The van der Waals surface area contributed by atoms with E-state index in [0.717, 1.165) is 38.8 Å². The molecule has 1 aliphatic carbocycles. The van der Waals surface area contributed by atoms with Crippen LogP contribution in [0.25, 0.3) is 5.57 Å². The van der Waals surface area contributed by atoms with Crippen LogP contribution in [0, 0.1) is 0 Å². The maximum atomic E-state index is 2.56. The largest absolute Gasteiger partial charge is 0.344 e. The lowest BCUT2D eigenvalue weighted by Crippen LogP contribution is -2.28. The van der Waals surface area contributed by atoms with Crippen LogP contribution in [0.5, 0.6) is 0 Å². The molecule has 44 heavy (non-hydrogen) atoms. The van der Waals surface area contributed by atoms with Crippen molar-refractivity contribution in [3.63, 3.8) is 0 Å². The molecule has 2 nitrogen and oxygen atoms in total. The van der Waals surface area contributed by atoms with Crippen molar-refractivity contribution >= 4 is 22.7 Å². The van der Waals surface area contributed by atoms with Gasteiger partial charge in [0.15, 0.2) is 5.71 Å². The summed E-state index contributed by atoms with van der Waals surface area (Å²) in [6.45, 7) is 16.2. The summed E-state index contributed by atoms with van der Waals surface area (Å²) in [6, 6.07) is 29.0. The number of anilines is 1. The zero-order valence-corrected chi connectivity index (χ0v) is 27.7. The number of fused-ring (bicyclic) bond motifs is 2. The average molecular weight is 582 g/mol. The summed E-state index contributed by atoms with van der Waals surface area (Å²) in [5, 5.41) is 0. The summed E-state index contributed by atoms with van der Waals surface area (Å²) in [6.07, 6.45) is 15.4. The molecule has 2 heterocycles. The number of nitrogens with zero attached hydrogens (tertiary/aromatic N) is 2. The van der Waals surface area contributed by atoms with Crippen molar-refractivity contribution < 1.29 is 4.58 Å². The van der Waals surface area contributed by atoms with Gasteiger partial charge in [0.2, 0.25) is 5.69 Å². The second-order valence-electron chi connectivity index (χ2n) is 13.7. The molecule has 2 heteroatoms. The van der Waals surface area contributed by atoms with Gasteiger partial charge in [-0.25, -0.2) is 0 Å². The first-order valence-electron chi connectivity index (χ1n) is 16.8. The Labute approximate surface area is 265 Å². The number of benzene rings is 3. The van der Waals surface area contributed by atoms with E-state index in [1.807, 2.05) is 0 Å². The van der Waals surface area contributed by atoms with Gasteiger partial charge in [0.05, 0.1) is 5.41 Å². The van der Waals surface area contributed by atoms with Crippen molar-refractivity contribution in [1.82, 2.24) is 0 Å². The van der Waals surface area contributed by atoms with E-state index >= 15 is 0 Å². The highest BCUT2D eigenvalue weighted by Crippen LogP contribution is 2.48. The van der Waals surface area contributed by atoms with Gasteiger partial charge in [0.1, 0.15) is 6.54 Å². The minimum atomic E-state index is -0.0285. The quantitative estimate of drug-likeness (QED) is 0.240. The molecule has 0 N–H and O–H groups in total. The van der Waals surface area contributed by atoms with Gasteiger partial charge in [-0.3, -0.25) is 0 Å². The van der Waals surface area contributed by atoms with E-state index in [9.17, 15) is 0 Å². The van der Waals surface area contributed by atoms with Gasteiger partial charge < -0.3 is 4.90 Å². The third-order valence-corrected chi connectivity index (χ3v) is 9.97. The molecule has 0 atom stereocenters. The Balaban J connectivity index is 1.46. The molecule has 226 valence electrons. The van der Waals surface area contributed by atoms with Gasteiger partial charge in [-0.05, 0) is 79.5 Å². The molecule has 0 radical (unpaired) electrons. The number of allylic oxidation sites excluding steroid dienone is 8. The second-order valence-corrected chi connectivity index (χ2v) is 13.7. The van der Waals surface area contributed by atoms with Crippen LogP contribution in [0.15, 0.2) is 120 Å². The predicted molar refractivity (Wildman–Crippen MR) is 189 cm³/mol. The fraction of sp³-hybridized carbons (Fsp3) is 0.357. The van der Waals surface area contributed by atoms with Gasteiger partial charge in [0, 0.05) is 47.5 Å². The van der Waals surface area contributed by atoms with Crippen LogP contribution in [0.3, 0.4) is 0 Å². The lowest BCUT2D eigenvalue weighted by atomic mass is 9.79. The molecule has 0 fully saturated rings. The first-order valence-corrected chi connectivity index (χ1v) is 16.8. The minimum absolute atomic E-state index is 0.0285. The summed E-state index contributed by atoms with van der Waals surface area (Å²) in [4.78, 5) is 2.56. The first kappa shape index (κ1) is 30.1. The van der Waals surface area contributed by atoms with Crippen molar-refractivity contribution in [2.75, 3.05) is 18.0 Å². The van der Waals surface area contributed by atoms with Crippen LogP contribution in [-0.2, 0) is 10.8 Å². The van der Waals surface area contributed by atoms with Crippen molar-refractivity contribution in [2.24, 2.45) is 0 Å². The Morgan fingerprint density at radius 2 is 1.43 bits per heavy atom. The monoisotopic (exact) mass is 581 g/mol. The Morgan fingerprint density at radius 1 is 0.727 bits per heavy atom. The standard InChI is InChI=1S/C42H49N2/c1-7-29-43-36-23-14-12-21-34(36)41(3,4)38(43)27-25-32-19-16-20-33(40(32)31-17-10-9-11-18-31)26-28-39-42(5,6)35-22-13-15-24-37(35)44(39)30-8-2/h9-15,17-18,21-28H,7-8,16,19-20,29-30H2,1-6H3/q+1. The van der Waals surface area contributed by atoms with Crippen LogP contribution in [0.2, 0.25) is 0 Å². The molecular formula is C42H49N2+. The molecule has 0 bridgehead atoms. The van der Waals surface area contributed by atoms with E-state index in [1.54, 1.807) is 0 Å². The maximum absolute atomic E-state index is 2.56. The van der Waals surface area contributed by atoms with Crippen LogP contribution in [-0.4, -0.2) is 23.4 Å². The van der Waals surface area contributed by atoms with Gasteiger partial charge >= 0.3 is 0 Å². The number of hydrogen-bond donors (Lipinski definition) is 0. The molecule has 0 aromatic heterocycles. The molecular weight excluding hydrogens is 532 g/mol. The molecule has 3 aliphatic rings. The smallest absolute Gasteiger partial charge is 0.209 e. The molecule has 3 aromatic carbocycles. The molecule has 0 saturated heterocycles. The summed E-state index contributed by atoms with van der Waals surface area (Å²) >= 11 is 0. The predicted octanol–water partition coefficient (Wildman–Crippen LogP) is 10.7. The van der Waals surface area contributed by atoms with Gasteiger partial charge in [0.25, 0.3) is 0 Å². The second kappa shape index (κ2) is 12.2. The molecule has 0 saturated carbocycles. The maximum Gasteiger partial charge on any atom is 0.209 e. The highest BCUT2D eigenvalue weighted by molar-refractivity contribution is 6.03. The fourth-order valence-electron chi connectivity index (χ4n) is 7.80. The van der Waals surface area contributed by atoms with Gasteiger partial charge in [-0.2, -0.15) is 4.58 Å². The van der Waals surface area contributed by atoms with Crippen molar-refractivity contribution in [2.45, 2.75) is 84.5 Å². The zero-order valence-electron chi connectivity index (χ0n) is 27.7. The molecule has 6 rings (SSSR count). The van der Waals surface area contributed by atoms with Crippen LogP contribution >= 0.6 is 0 Å². The molecule has 2 aliphatic heterocycles. The Hall–Kier alpha value is -3.91. The Bertz CT molecular complexity index is 1690. The third kappa shape index (κ3) is 5.23. The van der Waals surface area contributed by atoms with Crippen molar-refractivity contribution in [1.29, 1.82) is 0 Å². The lowest BCUT2D eigenvalue weighted by Gasteiger charge is -2.27. The van der Waals surface area contributed by atoms with Crippen LogP contribution in [0.4, 0.5) is 11.4 Å². The normalized spacial score (nSPS) is 20.7. The average Bonchev–Trinajstić information content (AvgIpc) is 3.38. The Morgan fingerprint density at radius 3 is 2.18 bits per heavy atom. The number of rotatable bonds is 8. The highest BCUT2D eigenvalue weighted by Gasteiger charge is 2.44. The fourth-order valence-corrected chi connectivity index (χ4v) is 7.80. The van der Waals surface area contributed by atoms with Crippen LogP contribution < -0.4 is 4.90 Å². The highest BCUT2D eigenvalue weighted by atomic mass is 15.2. The molecule has 0 amide bonds. The van der Waals surface area contributed by atoms with Gasteiger partial charge in [-0.15, -0.1) is 0 Å². The summed E-state index contributed by atoms with van der Waals surface area (Å²) in [7, 11) is 0. The Kier molecular flexibility index (Phi) is 8.38. The first-order chi connectivity index (χ1) is 21.3. The lowest BCUT2D eigenvalue weighted by molar-refractivity contribution is -0.437. The van der Waals surface area contributed by atoms with Crippen molar-refractivity contribution in [3.05, 3.63) is 137 Å². The van der Waals surface area contributed by atoms with Gasteiger partial charge in [-0.1, -0.05) is 107 Å². The minimum Gasteiger partial charge on any atom is -0.344 e. The summed E-state index contributed by atoms with van der Waals surface area (Å²) < 4.78 is 2.56. The molecule has 0 spiro atoms. The SMILES string of the molecule is CCCN1C(=CC=C2CCCC(C=CC3=[N+](CCC)c4ccccc4C3(C)C)=C2c2ccccc2)C(C)(C)c2ccccc21. The van der Waals surface area contributed by atoms with E-state index in [2.05, 4.69) is 154 Å². The van der Waals surface area contributed by atoms with E-state index < -0.39 is 0 Å².